The average Bonchev–Trinajstić information content (AvgIpc) is 3.35. The van der Waals surface area contributed by atoms with Crippen molar-refractivity contribution < 1.29 is 4.79 Å². The summed E-state index contributed by atoms with van der Waals surface area (Å²) in [6, 6.07) is 0. The first kappa shape index (κ1) is 22.9. The molecule has 152 valence electrons. The highest BCUT2D eigenvalue weighted by atomic mass is 79.9. The van der Waals surface area contributed by atoms with Crippen molar-refractivity contribution in [1.29, 1.82) is 0 Å². The Morgan fingerprint density at radius 3 is 2.00 bits per heavy atom. The molecule has 3 aliphatic carbocycles. The lowest BCUT2D eigenvalue weighted by Gasteiger charge is -1.80. The second kappa shape index (κ2) is 11.6. The minimum absolute atomic E-state index is 0.000000000000000222. The molecule has 0 aromatic carbocycles. The molecule has 0 fully saturated rings. The Balaban J connectivity index is 0.000000140. The van der Waals surface area contributed by atoms with Gasteiger partial charge in [-0.15, -0.1) is 22.7 Å². The van der Waals surface area contributed by atoms with Crippen molar-refractivity contribution in [1.82, 2.24) is 9.97 Å². The van der Waals surface area contributed by atoms with Crippen LogP contribution in [0.15, 0.2) is 16.1 Å². The van der Waals surface area contributed by atoms with Crippen LogP contribution in [0.2, 0.25) is 0 Å². The number of ketones is 1. The summed E-state index contributed by atoms with van der Waals surface area (Å²) in [4.78, 5) is 21.6. The van der Waals surface area contributed by atoms with Crippen LogP contribution in [0.25, 0.3) is 0 Å². The molecule has 5 rings (SSSR count). The molecule has 0 saturated heterocycles. The smallest absolute Gasteiger partial charge is 0.180 e. The van der Waals surface area contributed by atoms with E-state index in [0.717, 1.165) is 28.3 Å². The second-order valence-electron chi connectivity index (χ2n) is 6.28. The van der Waals surface area contributed by atoms with Crippen molar-refractivity contribution in [3.05, 3.63) is 37.2 Å². The third kappa shape index (κ3) is 7.94. The van der Waals surface area contributed by atoms with Crippen molar-refractivity contribution in [2.75, 3.05) is 5.73 Å². The fourth-order valence-electron chi connectivity index (χ4n) is 2.89. The quantitative estimate of drug-likeness (QED) is 0.470. The predicted octanol–water partition coefficient (Wildman–Crippen LogP) is 3.70. The number of hydrogen-bond donors (Lipinski definition) is 3. The molecule has 0 saturated carbocycles. The zero-order valence-electron chi connectivity index (χ0n) is 15.4. The minimum Gasteiger partial charge on any atom is -0.377 e. The van der Waals surface area contributed by atoms with Gasteiger partial charge in [0.2, 0.25) is 0 Å². The van der Waals surface area contributed by atoms with Gasteiger partial charge in [0, 0.05) is 16.2 Å². The number of thiazole rings is 2. The molecule has 0 atom stereocenters. The summed E-state index contributed by atoms with van der Waals surface area (Å²) < 4.78 is 1.05. The third-order valence-corrected chi connectivity index (χ3v) is 6.64. The van der Waals surface area contributed by atoms with E-state index in [2.05, 4.69) is 49.6 Å². The maximum absolute atomic E-state index is 10.2. The van der Waals surface area contributed by atoms with E-state index in [-0.39, 0.29) is 10.9 Å². The van der Waals surface area contributed by atoms with Gasteiger partial charge in [-0.05, 0) is 79.2 Å². The number of anilines is 1. The molecule has 2 aromatic rings. The number of aryl methyl sites for hydroxylation is 4. The van der Waals surface area contributed by atoms with Crippen LogP contribution < -0.4 is 17.2 Å². The molecule has 0 radical (unpaired) electrons. The van der Waals surface area contributed by atoms with Crippen LogP contribution in [-0.2, 0) is 30.5 Å². The standard InChI is InChI=1S/C6H6BrNS.C6H8N2S.C5H6O.CH4N2S/c2*7-6-8-4-2-1-3-5(4)9-6;6-5-3-1-2-4-5;2-1(3)4/h1-3H2;1-3H2,(H2,7,8);1,3H,2,4H2;(H4,2,3,4). The van der Waals surface area contributed by atoms with Gasteiger partial charge in [0.15, 0.2) is 19.9 Å². The lowest BCUT2D eigenvalue weighted by atomic mass is 10.3. The Morgan fingerprint density at radius 2 is 1.57 bits per heavy atom. The molecule has 28 heavy (non-hydrogen) atoms. The maximum Gasteiger partial charge on any atom is 0.180 e. The van der Waals surface area contributed by atoms with Gasteiger partial charge in [0.1, 0.15) is 0 Å². The van der Waals surface area contributed by atoms with Crippen LogP contribution in [0.4, 0.5) is 5.13 Å². The summed E-state index contributed by atoms with van der Waals surface area (Å²) in [5, 5.41) is 0.736. The van der Waals surface area contributed by atoms with Crippen molar-refractivity contribution in [3.63, 3.8) is 0 Å². The summed E-state index contributed by atoms with van der Waals surface area (Å²) >= 11 is 10.9. The number of fused-ring (bicyclic) bond motifs is 2. The number of rotatable bonds is 0. The molecule has 2 aromatic heterocycles. The number of carbonyl (C=O) groups is 1. The van der Waals surface area contributed by atoms with Gasteiger partial charge in [0.25, 0.3) is 0 Å². The highest BCUT2D eigenvalue weighted by Crippen LogP contribution is 2.30. The van der Waals surface area contributed by atoms with Crippen LogP contribution >= 0.6 is 50.8 Å². The van der Waals surface area contributed by atoms with Crippen LogP contribution in [-0.4, -0.2) is 20.9 Å². The summed E-state index contributed by atoms with van der Waals surface area (Å²) in [5.41, 5.74) is 17.3. The van der Waals surface area contributed by atoms with E-state index in [1.165, 1.54) is 53.2 Å². The normalized spacial score (nSPS) is 15.4. The molecule has 2 heterocycles. The summed E-state index contributed by atoms with van der Waals surface area (Å²) in [6.07, 6.45) is 12.6. The van der Waals surface area contributed by atoms with Crippen LogP contribution in [0, 0.1) is 0 Å². The average molecular weight is 503 g/mol. The number of thiocarbonyl (C=S) groups is 1. The van der Waals surface area contributed by atoms with Gasteiger partial charge in [-0.3, -0.25) is 4.79 Å². The fraction of sp³-hybridized carbons (Fsp3) is 0.444. The topological polar surface area (TPSA) is 121 Å². The molecular formula is C18H24BrN5OS3. The Hall–Kier alpha value is -1.36. The third-order valence-electron chi connectivity index (χ3n) is 4.04. The zero-order chi connectivity index (χ0) is 20.5. The van der Waals surface area contributed by atoms with Crippen LogP contribution in [0.1, 0.15) is 46.8 Å². The SMILES string of the molecule is Brc1nc2c(s1)CCC2.NC(N)=S.Nc1nc2c(s1)CCC2.O=C1C=CCC1. The van der Waals surface area contributed by atoms with Gasteiger partial charge >= 0.3 is 0 Å². The van der Waals surface area contributed by atoms with Gasteiger partial charge < -0.3 is 17.2 Å². The van der Waals surface area contributed by atoms with Crippen molar-refractivity contribution >= 4 is 66.8 Å². The van der Waals surface area contributed by atoms with Crippen molar-refractivity contribution in [2.24, 2.45) is 11.5 Å². The van der Waals surface area contributed by atoms with Crippen molar-refractivity contribution in [3.8, 4) is 0 Å². The molecule has 10 heteroatoms. The highest BCUT2D eigenvalue weighted by Gasteiger charge is 2.15. The van der Waals surface area contributed by atoms with Gasteiger partial charge in [-0.2, -0.15) is 0 Å². The van der Waals surface area contributed by atoms with E-state index in [1.54, 1.807) is 28.7 Å². The summed E-state index contributed by atoms with van der Waals surface area (Å²) in [6.45, 7) is 0. The number of halogens is 1. The number of nitrogen functional groups attached to an aromatic ring is 1. The summed E-state index contributed by atoms with van der Waals surface area (Å²) in [5.74, 6) is 0.273. The highest BCUT2D eigenvalue weighted by molar-refractivity contribution is 9.11. The molecule has 0 spiro atoms. The number of nitrogens with zero attached hydrogens (tertiary/aromatic N) is 2. The molecule has 0 unspecified atom stereocenters. The van der Waals surface area contributed by atoms with E-state index in [0.29, 0.717) is 0 Å². The lowest BCUT2D eigenvalue weighted by molar-refractivity contribution is -0.114. The number of aromatic nitrogens is 2. The fourth-order valence-corrected chi connectivity index (χ4v) is 5.48. The first-order valence-electron chi connectivity index (χ1n) is 8.97. The van der Waals surface area contributed by atoms with E-state index in [4.69, 9.17) is 5.73 Å². The molecule has 3 aliphatic rings. The van der Waals surface area contributed by atoms with E-state index < -0.39 is 0 Å². The van der Waals surface area contributed by atoms with E-state index >= 15 is 0 Å². The van der Waals surface area contributed by atoms with Crippen LogP contribution in [0.3, 0.4) is 0 Å². The van der Waals surface area contributed by atoms with Gasteiger partial charge in [-0.1, -0.05) is 6.08 Å². The number of nitrogens with two attached hydrogens (primary N) is 3. The largest absolute Gasteiger partial charge is 0.377 e. The first-order chi connectivity index (χ1) is 13.3. The zero-order valence-corrected chi connectivity index (χ0v) is 19.5. The van der Waals surface area contributed by atoms with Gasteiger partial charge in [-0.25, -0.2) is 9.97 Å². The number of hydrogen-bond acceptors (Lipinski definition) is 7. The van der Waals surface area contributed by atoms with Crippen molar-refractivity contribution in [2.45, 2.75) is 51.4 Å². The predicted molar refractivity (Wildman–Crippen MR) is 125 cm³/mol. The molecule has 0 bridgehead atoms. The number of carbonyl (C=O) groups excluding carboxylic acids is 1. The van der Waals surface area contributed by atoms with E-state index in [1.807, 2.05) is 6.08 Å². The Morgan fingerprint density at radius 1 is 1.00 bits per heavy atom. The Bertz CT molecular complexity index is 749. The molecule has 6 N–H and O–H groups in total. The first-order valence-corrected chi connectivity index (χ1v) is 11.8. The molecular weight excluding hydrogens is 478 g/mol. The number of allylic oxidation sites excluding steroid dienone is 2. The molecule has 0 aliphatic heterocycles. The van der Waals surface area contributed by atoms with Gasteiger partial charge in [0.05, 0.1) is 11.4 Å². The lowest BCUT2D eigenvalue weighted by Crippen LogP contribution is -2.18. The summed E-state index contributed by atoms with van der Waals surface area (Å²) in [7, 11) is 0. The van der Waals surface area contributed by atoms with E-state index in [9.17, 15) is 4.79 Å². The Labute approximate surface area is 186 Å². The molecule has 6 nitrogen and oxygen atoms in total. The van der Waals surface area contributed by atoms with Crippen LogP contribution in [0.5, 0.6) is 0 Å². The molecule has 0 amide bonds. The minimum atomic E-state index is 0.000000000000000222. The maximum atomic E-state index is 10.2. The Kier molecular flexibility index (Phi) is 9.49. The monoisotopic (exact) mass is 501 g/mol. The second-order valence-corrected chi connectivity index (χ2v) is 10.2.